The highest BCUT2D eigenvalue weighted by Crippen LogP contribution is 2.25. The minimum Gasteiger partial charge on any atom is -0.497 e. The summed E-state index contributed by atoms with van der Waals surface area (Å²) in [6, 6.07) is 3.68. The molecule has 7 nitrogen and oxygen atoms in total. The van der Waals surface area contributed by atoms with Crippen LogP contribution in [0.25, 0.3) is 0 Å². The third-order valence-corrected chi connectivity index (χ3v) is 2.35. The van der Waals surface area contributed by atoms with Crippen LogP contribution >= 0.6 is 0 Å². The first-order valence-electron chi connectivity index (χ1n) is 5.47. The summed E-state index contributed by atoms with van der Waals surface area (Å²) in [5.74, 6) is -0.716. The molecule has 0 fully saturated rings. The predicted molar refractivity (Wildman–Crippen MR) is 68.4 cm³/mol. The Hall–Kier alpha value is -2.28. The second kappa shape index (κ2) is 6.60. The number of methoxy groups -OCH3 is 2. The molecule has 1 amide bonds. The molecule has 0 radical (unpaired) electrons. The van der Waals surface area contributed by atoms with Crippen LogP contribution < -0.4 is 20.5 Å². The zero-order valence-corrected chi connectivity index (χ0v) is 10.7. The summed E-state index contributed by atoms with van der Waals surface area (Å²) in [5, 5.41) is 11.1. The van der Waals surface area contributed by atoms with Crippen molar-refractivity contribution in [2.45, 2.75) is 12.5 Å². The molecule has 0 saturated heterocycles. The normalized spacial score (nSPS) is 11.5. The van der Waals surface area contributed by atoms with E-state index in [0.717, 1.165) is 0 Å². The number of aliphatic carboxylic acids is 1. The van der Waals surface area contributed by atoms with Crippen molar-refractivity contribution >= 4 is 17.6 Å². The molecule has 7 heteroatoms. The Balaban J connectivity index is 2.80. The fourth-order valence-electron chi connectivity index (χ4n) is 1.40. The summed E-state index contributed by atoms with van der Waals surface area (Å²) < 4.78 is 10.1. The van der Waals surface area contributed by atoms with Gasteiger partial charge in [0.1, 0.15) is 11.5 Å². The number of rotatable bonds is 6. The first-order chi connectivity index (χ1) is 8.96. The zero-order chi connectivity index (χ0) is 14.4. The molecule has 0 saturated carbocycles. The fourth-order valence-corrected chi connectivity index (χ4v) is 1.40. The summed E-state index contributed by atoms with van der Waals surface area (Å²) >= 11 is 0. The minimum atomic E-state index is -1.13. The first kappa shape index (κ1) is 14.8. The minimum absolute atomic E-state index is 0.419. The zero-order valence-electron chi connectivity index (χ0n) is 10.7. The molecule has 1 aromatic rings. The number of anilines is 1. The number of nitrogens with one attached hydrogen (secondary N) is 1. The molecule has 1 aromatic carbocycles. The van der Waals surface area contributed by atoms with E-state index in [0.29, 0.717) is 17.2 Å². The van der Waals surface area contributed by atoms with E-state index < -0.39 is 24.3 Å². The molecule has 0 aliphatic heterocycles. The van der Waals surface area contributed by atoms with Crippen LogP contribution in [0.1, 0.15) is 6.42 Å². The van der Waals surface area contributed by atoms with Gasteiger partial charge in [-0.1, -0.05) is 0 Å². The average molecular weight is 268 g/mol. The summed E-state index contributed by atoms with van der Waals surface area (Å²) in [6.45, 7) is 0. The van der Waals surface area contributed by atoms with Gasteiger partial charge in [-0.15, -0.1) is 0 Å². The van der Waals surface area contributed by atoms with Crippen LogP contribution in [-0.2, 0) is 9.59 Å². The quantitative estimate of drug-likeness (QED) is 0.690. The van der Waals surface area contributed by atoms with E-state index in [2.05, 4.69) is 5.32 Å². The van der Waals surface area contributed by atoms with Crippen LogP contribution in [-0.4, -0.2) is 37.2 Å². The van der Waals surface area contributed by atoms with Gasteiger partial charge < -0.3 is 25.6 Å². The Morgan fingerprint density at radius 3 is 2.21 bits per heavy atom. The van der Waals surface area contributed by atoms with Gasteiger partial charge in [0, 0.05) is 23.9 Å². The van der Waals surface area contributed by atoms with Crippen molar-refractivity contribution in [2.75, 3.05) is 19.5 Å². The Bertz CT molecular complexity index is 453. The lowest BCUT2D eigenvalue weighted by Crippen LogP contribution is -2.37. The van der Waals surface area contributed by atoms with Gasteiger partial charge in [-0.2, -0.15) is 0 Å². The fraction of sp³-hybridized carbons (Fsp3) is 0.333. The van der Waals surface area contributed by atoms with Crippen molar-refractivity contribution in [3.8, 4) is 11.5 Å². The first-order valence-corrected chi connectivity index (χ1v) is 5.47. The highest BCUT2D eigenvalue weighted by atomic mass is 16.5. The number of hydrogen-bond donors (Lipinski definition) is 3. The van der Waals surface area contributed by atoms with Gasteiger partial charge in [-0.05, 0) is 0 Å². The molecule has 0 aliphatic rings. The summed E-state index contributed by atoms with van der Waals surface area (Å²) in [4.78, 5) is 22.1. The number of benzene rings is 1. The number of hydrogen-bond acceptors (Lipinski definition) is 5. The van der Waals surface area contributed by atoms with Crippen molar-refractivity contribution in [1.29, 1.82) is 0 Å². The number of carbonyl (C=O) groups is 2. The van der Waals surface area contributed by atoms with Crippen LogP contribution in [0.4, 0.5) is 5.69 Å². The topological polar surface area (TPSA) is 111 Å². The number of carbonyl (C=O) groups excluding carboxylic acids is 1. The van der Waals surface area contributed by atoms with Crippen molar-refractivity contribution < 1.29 is 24.2 Å². The summed E-state index contributed by atoms with van der Waals surface area (Å²) in [5.41, 5.74) is 5.87. The average Bonchev–Trinajstić information content (AvgIpc) is 2.37. The lowest BCUT2D eigenvalue weighted by Gasteiger charge is -2.12. The maximum atomic E-state index is 11.7. The highest BCUT2D eigenvalue weighted by Gasteiger charge is 2.17. The predicted octanol–water partition coefficient (Wildman–Crippen LogP) is 0.444. The Morgan fingerprint density at radius 1 is 1.26 bits per heavy atom. The van der Waals surface area contributed by atoms with Gasteiger partial charge in [0.05, 0.1) is 26.7 Å². The van der Waals surface area contributed by atoms with E-state index in [4.69, 9.17) is 20.3 Å². The third kappa shape index (κ3) is 4.47. The number of nitrogens with two attached hydrogens (primary N) is 1. The van der Waals surface area contributed by atoms with Gasteiger partial charge in [0.25, 0.3) is 0 Å². The van der Waals surface area contributed by atoms with Gasteiger partial charge in [-0.25, -0.2) is 0 Å². The van der Waals surface area contributed by atoms with Crippen molar-refractivity contribution in [2.24, 2.45) is 5.73 Å². The molecule has 19 heavy (non-hydrogen) atoms. The van der Waals surface area contributed by atoms with Crippen molar-refractivity contribution in [1.82, 2.24) is 0 Å². The van der Waals surface area contributed by atoms with E-state index in [9.17, 15) is 9.59 Å². The highest BCUT2D eigenvalue weighted by molar-refractivity contribution is 5.96. The number of carboxylic acid groups (broad SMARTS) is 1. The SMILES string of the molecule is COc1cc(NC(=O)C(N)CC(=O)O)cc(OC)c1. The van der Waals surface area contributed by atoms with Crippen LogP contribution in [0.3, 0.4) is 0 Å². The molecular weight excluding hydrogens is 252 g/mol. The molecule has 104 valence electrons. The maximum absolute atomic E-state index is 11.7. The molecule has 1 atom stereocenters. The third-order valence-electron chi connectivity index (χ3n) is 2.35. The van der Waals surface area contributed by atoms with E-state index in [1.807, 2.05) is 0 Å². The van der Waals surface area contributed by atoms with E-state index in [1.165, 1.54) is 14.2 Å². The number of ether oxygens (including phenoxy) is 2. The van der Waals surface area contributed by atoms with Crippen molar-refractivity contribution in [3.63, 3.8) is 0 Å². The van der Waals surface area contributed by atoms with E-state index >= 15 is 0 Å². The molecule has 0 heterocycles. The van der Waals surface area contributed by atoms with E-state index in [1.54, 1.807) is 18.2 Å². The molecular formula is C12H16N2O5. The van der Waals surface area contributed by atoms with Crippen molar-refractivity contribution in [3.05, 3.63) is 18.2 Å². The summed E-state index contributed by atoms with van der Waals surface area (Å²) in [7, 11) is 2.97. The lowest BCUT2D eigenvalue weighted by atomic mass is 10.2. The molecule has 0 bridgehead atoms. The van der Waals surface area contributed by atoms with Gasteiger partial charge in [-0.3, -0.25) is 9.59 Å². The number of carboxylic acids is 1. The largest absolute Gasteiger partial charge is 0.497 e. The molecule has 1 unspecified atom stereocenters. The lowest BCUT2D eigenvalue weighted by molar-refractivity contribution is -0.138. The molecule has 0 aromatic heterocycles. The van der Waals surface area contributed by atoms with Gasteiger partial charge in [0.15, 0.2) is 0 Å². The standard InChI is InChI=1S/C12H16N2O5/c1-18-8-3-7(4-9(5-8)19-2)14-12(17)10(13)6-11(15)16/h3-5,10H,6,13H2,1-2H3,(H,14,17)(H,15,16). The second-order valence-corrected chi connectivity index (χ2v) is 3.79. The summed E-state index contributed by atoms with van der Waals surface area (Å²) in [6.07, 6.45) is -0.438. The Morgan fingerprint density at radius 2 is 1.79 bits per heavy atom. The van der Waals surface area contributed by atoms with Crippen LogP contribution in [0.2, 0.25) is 0 Å². The van der Waals surface area contributed by atoms with Crippen LogP contribution in [0, 0.1) is 0 Å². The van der Waals surface area contributed by atoms with Crippen LogP contribution in [0.5, 0.6) is 11.5 Å². The van der Waals surface area contributed by atoms with Crippen LogP contribution in [0.15, 0.2) is 18.2 Å². The van der Waals surface area contributed by atoms with E-state index in [-0.39, 0.29) is 0 Å². The molecule has 0 aliphatic carbocycles. The molecule has 0 spiro atoms. The molecule has 4 N–H and O–H groups in total. The second-order valence-electron chi connectivity index (χ2n) is 3.79. The maximum Gasteiger partial charge on any atom is 0.305 e. The molecule has 1 rings (SSSR count). The van der Waals surface area contributed by atoms with Gasteiger partial charge in [0.2, 0.25) is 5.91 Å². The Kier molecular flexibility index (Phi) is 5.13. The monoisotopic (exact) mass is 268 g/mol. The number of amides is 1. The Labute approximate surface area is 110 Å². The van der Waals surface area contributed by atoms with Gasteiger partial charge >= 0.3 is 5.97 Å². The smallest absolute Gasteiger partial charge is 0.305 e.